The van der Waals surface area contributed by atoms with Gasteiger partial charge >= 0.3 is 0 Å². The summed E-state index contributed by atoms with van der Waals surface area (Å²) in [4.78, 5) is 3.34. The molecule has 2 aromatic rings. The summed E-state index contributed by atoms with van der Waals surface area (Å²) in [6.45, 7) is 3.66. The molecule has 1 aromatic carbocycles. The van der Waals surface area contributed by atoms with E-state index in [1.54, 1.807) is 5.38 Å². The Balaban J connectivity index is 1.47. The topological polar surface area (TPSA) is 95.2 Å². The molecule has 0 radical (unpaired) electrons. The molecule has 11 heteroatoms. The number of halogens is 2. The van der Waals surface area contributed by atoms with Crippen molar-refractivity contribution in [2.45, 2.75) is 43.0 Å². The van der Waals surface area contributed by atoms with Gasteiger partial charge in [0.15, 0.2) is 5.13 Å². The number of sulfonamides is 1. The number of hydrogen-bond donors (Lipinski definition) is 4. The number of unbranched alkanes of at least 4 members (excludes halogenated alkanes) is 1. The first kappa shape index (κ1) is 23.2. The van der Waals surface area contributed by atoms with Crippen molar-refractivity contribution in [3.8, 4) is 0 Å². The number of nitrogens with zero attached hydrogens (tertiary/aromatic N) is 1. The first-order valence-electron chi connectivity index (χ1n) is 10.0. The van der Waals surface area contributed by atoms with Gasteiger partial charge in [0.25, 0.3) is 10.0 Å². The summed E-state index contributed by atoms with van der Waals surface area (Å²) in [7, 11) is -4.10. The van der Waals surface area contributed by atoms with Gasteiger partial charge in [-0.25, -0.2) is 17.8 Å². The van der Waals surface area contributed by atoms with Crippen LogP contribution in [0.1, 0.15) is 32.1 Å². The van der Waals surface area contributed by atoms with Gasteiger partial charge in [-0.15, -0.1) is 11.3 Å². The summed E-state index contributed by atoms with van der Waals surface area (Å²) in [6, 6.07) is 2.76. The number of aromatic nitrogens is 1. The summed E-state index contributed by atoms with van der Waals surface area (Å²) in [6.07, 6.45) is 7.01. The molecule has 3 rings (SSSR count). The third-order valence-corrected chi connectivity index (χ3v) is 7.35. The molecule has 1 atom stereocenters. The highest BCUT2D eigenvalue weighted by molar-refractivity contribution is 7.93. The maximum absolute atomic E-state index is 14.5. The molecule has 1 aromatic heterocycles. The van der Waals surface area contributed by atoms with E-state index in [1.807, 2.05) is 0 Å². The lowest BCUT2D eigenvalue weighted by Gasteiger charge is -2.16. The van der Waals surface area contributed by atoms with E-state index in [4.69, 9.17) is 11.6 Å². The van der Waals surface area contributed by atoms with E-state index in [2.05, 4.69) is 25.7 Å². The zero-order chi connectivity index (χ0) is 21.4. The fraction of sp³-hybridized carbons (Fsp3) is 0.526. The minimum Gasteiger partial charge on any atom is -0.384 e. The molecule has 4 N–H and O–H groups in total. The molecular formula is C19H27ClFN5O2S2. The molecular weight excluding hydrogens is 449 g/mol. The Morgan fingerprint density at radius 2 is 2.10 bits per heavy atom. The highest BCUT2D eigenvalue weighted by atomic mass is 35.5. The maximum Gasteiger partial charge on any atom is 0.266 e. The average molecular weight is 476 g/mol. The van der Waals surface area contributed by atoms with Crippen LogP contribution in [0.2, 0.25) is 5.02 Å². The van der Waals surface area contributed by atoms with Crippen molar-refractivity contribution in [1.82, 2.24) is 15.6 Å². The van der Waals surface area contributed by atoms with E-state index in [9.17, 15) is 12.8 Å². The predicted molar refractivity (Wildman–Crippen MR) is 121 cm³/mol. The van der Waals surface area contributed by atoms with E-state index in [0.717, 1.165) is 55.9 Å². The van der Waals surface area contributed by atoms with Crippen LogP contribution >= 0.6 is 22.9 Å². The third-order valence-electron chi connectivity index (χ3n) is 4.86. The van der Waals surface area contributed by atoms with Crippen molar-refractivity contribution in [3.05, 3.63) is 34.5 Å². The van der Waals surface area contributed by atoms with Crippen LogP contribution in [0.3, 0.4) is 0 Å². The standard InChI is InChI=1S/C19H27ClFN5O2S2/c20-15-11-18(30(27,28)26-19-25-9-10-29-19)16(21)12-17(15)24-8-4-3-7-23-14-5-1-2-6-22-13-14/h9-12,14,22-24H,1-8,13H2,(H,25,26). The van der Waals surface area contributed by atoms with Crippen LogP contribution in [0, 0.1) is 5.82 Å². The molecule has 1 fully saturated rings. The fourth-order valence-electron chi connectivity index (χ4n) is 3.29. The largest absolute Gasteiger partial charge is 0.384 e. The van der Waals surface area contributed by atoms with E-state index in [-0.39, 0.29) is 10.2 Å². The summed E-state index contributed by atoms with van der Waals surface area (Å²) < 4.78 is 41.5. The van der Waals surface area contributed by atoms with E-state index in [0.29, 0.717) is 18.3 Å². The first-order chi connectivity index (χ1) is 14.5. The van der Waals surface area contributed by atoms with Crippen LogP contribution in [0.15, 0.2) is 28.6 Å². The van der Waals surface area contributed by atoms with Gasteiger partial charge < -0.3 is 16.0 Å². The molecule has 0 spiro atoms. The molecule has 0 aliphatic carbocycles. The van der Waals surface area contributed by atoms with Crippen molar-refractivity contribution >= 4 is 43.8 Å². The number of hydrogen-bond acceptors (Lipinski definition) is 7. The summed E-state index contributed by atoms with van der Waals surface area (Å²) in [5.74, 6) is -0.867. The summed E-state index contributed by atoms with van der Waals surface area (Å²) in [5, 5.41) is 12.0. The molecule has 2 heterocycles. The van der Waals surface area contributed by atoms with Gasteiger partial charge in [0.2, 0.25) is 0 Å². The lowest BCUT2D eigenvalue weighted by molar-refractivity contribution is 0.467. The lowest BCUT2D eigenvalue weighted by Crippen LogP contribution is -2.37. The van der Waals surface area contributed by atoms with Crippen molar-refractivity contribution < 1.29 is 12.8 Å². The highest BCUT2D eigenvalue weighted by Gasteiger charge is 2.22. The van der Waals surface area contributed by atoms with Gasteiger partial charge in [0, 0.05) is 30.7 Å². The van der Waals surface area contributed by atoms with Crippen LogP contribution in [-0.2, 0) is 10.0 Å². The van der Waals surface area contributed by atoms with Gasteiger partial charge in [-0.2, -0.15) is 0 Å². The Kier molecular flexibility index (Phi) is 8.70. The van der Waals surface area contributed by atoms with Crippen LogP contribution < -0.4 is 20.7 Å². The van der Waals surface area contributed by atoms with Gasteiger partial charge in [0.1, 0.15) is 10.7 Å². The second-order valence-corrected chi connectivity index (χ2v) is 10.1. The average Bonchev–Trinajstić information content (AvgIpc) is 3.06. The van der Waals surface area contributed by atoms with Crippen molar-refractivity contribution in [2.24, 2.45) is 0 Å². The maximum atomic E-state index is 14.5. The zero-order valence-corrected chi connectivity index (χ0v) is 19.0. The zero-order valence-electron chi connectivity index (χ0n) is 16.6. The Labute approximate surface area is 185 Å². The second kappa shape index (κ2) is 11.2. The smallest absolute Gasteiger partial charge is 0.266 e. The Hall–Kier alpha value is -1.46. The van der Waals surface area contributed by atoms with Crippen LogP contribution in [0.25, 0.3) is 0 Å². The number of rotatable bonds is 10. The minimum absolute atomic E-state index is 0.151. The SMILES string of the molecule is O=S(=O)(Nc1nccs1)c1cc(Cl)c(NCCCCNC2CCCCNC2)cc1F. The predicted octanol–water partition coefficient (Wildman–Crippen LogP) is 3.66. The van der Waals surface area contributed by atoms with Gasteiger partial charge in [-0.3, -0.25) is 4.72 Å². The molecule has 1 saturated heterocycles. The lowest BCUT2D eigenvalue weighted by atomic mass is 10.1. The van der Waals surface area contributed by atoms with Crippen molar-refractivity contribution in [2.75, 3.05) is 36.2 Å². The number of benzene rings is 1. The second-order valence-electron chi connectivity index (χ2n) is 7.19. The molecule has 166 valence electrons. The molecule has 0 saturated carbocycles. The summed E-state index contributed by atoms with van der Waals surface area (Å²) >= 11 is 7.30. The van der Waals surface area contributed by atoms with Crippen molar-refractivity contribution in [3.63, 3.8) is 0 Å². The fourth-order valence-corrected chi connectivity index (χ4v) is 5.46. The number of thiazole rings is 1. The first-order valence-corrected chi connectivity index (χ1v) is 12.8. The van der Waals surface area contributed by atoms with Gasteiger partial charge in [-0.05, 0) is 50.9 Å². The molecule has 30 heavy (non-hydrogen) atoms. The number of anilines is 2. The normalized spacial score (nSPS) is 17.5. The molecule has 0 bridgehead atoms. The number of nitrogens with one attached hydrogen (secondary N) is 4. The quantitative estimate of drug-likeness (QED) is 0.392. The Bertz CT molecular complexity index is 904. The van der Waals surface area contributed by atoms with Crippen molar-refractivity contribution in [1.29, 1.82) is 0 Å². The van der Waals surface area contributed by atoms with Gasteiger partial charge in [-0.1, -0.05) is 18.0 Å². The molecule has 7 nitrogen and oxygen atoms in total. The van der Waals surface area contributed by atoms with E-state index >= 15 is 0 Å². The minimum atomic E-state index is -4.10. The Morgan fingerprint density at radius 1 is 1.27 bits per heavy atom. The Morgan fingerprint density at radius 3 is 2.90 bits per heavy atom. The monoisotopic (exact) mass is 475 g/mol. The van der Waals surface area contributed by atoms with Crippen LogP contribution in [0.5, 0.6) is 0 Å². The molecule has 0 amide bonds. The highest BCUT2D eigenvalue weighted by Crippen LogP contribution is 2.29. The molecule has 1 unspecified atom stereocenters. The van der Waals surface area contributed by atoms with E-state index in [1.165, 1.54) is 25.5 Å². The van der Waals surface area contributed by atoms with Crippen LogP contribution in [-0.4, -0.2) is 45.6 Å². The van der Waals surface area contributed by atoms with E-state index < -0.39 is 20.7 Å². The molecule has 1 aliphatic heterocycles. The molecule has 1 aliphatic rings. The van der Waals surface area contributed by atoms with Gasteiger partial charge in [0.05, 0.1) is 10.7 Å². The third kappa shape index (κ3) is 6.78. The summed E-state index contributed by atoms with van der Waals surface area (Å²) in [5.41, 5.74) is 0.378. The van der Waals surface area contributed by atoms with Crippen LogP contribution in [0.4, 0.5) is 15.2 Å².